The summed E-state index contributed by atoms with van der Waals surface area (Å²) < 4.78 is 5.42. The molecule has 1 aliphatic carbocycles. The van der Waals surface area contributed by atoms with E-state index in [9.17, 15) is 4.79 Å². The first-order valence-electron chi connectivity index (χ1n) is 10.2. The molecule has 5 nitrogen and oxygen atoms in total. The highest BCUT2D eigenvalue weighted by Crippen LogP contribution is 2.31. The monoisotopic (exact) mass is 413 g/mol. The molecule has 1 aliphatic rings. The lowest BCUT2D eigenvalue weighted by Gasteiger charge is -2.18. The first-order valence-corrected chi connectivity index (χ1v) is 10.2. The predicted octanol–water partition coefficient (Wildman–Crippen LogP) is 5.27. The van der Waals surface area contributed by atoms with Crippen molar-refractivity contribution >= 4 is 18.3 Å². The summed E-state index contributed by atoms with van der Waals surface area (Å²) >= 11 is 0. The zero-order valence-corrected chi connectivity index (χ0v) is 17.0. The summed E-state index contributed by atoms with van der Waals surface area (Å²) in [5, 5.41) is 13.2. The molecule has 0 radical (unpaired) electrons. The van der Waals surface area contributed by atoms with E-state index in [0.29, 0.717) is 5.75 Å². The minimum atomic E-state index is -0.986. The predicted molar refractivity (Wildman–Crippen MR) is 120 cm³/mol. The lowest BCUT2D eigenvalue weighted by atomic mass is 9.92. The van der Waals surface area contributed by atoms with Gasteiger partial charge in [-0.3, -0.25) is 0 Å². The second-order valence-corrected chi connectivity index (χ2v) is 7.27. The molecule has 0 amide bonds. The molecule has 3 aromatic carbocycles. The number of carboxylic acids is 1. The maximum absolute atomic E-state index is 10.8. The Morgan fingerprint density at radius 2 is 1.61 bits per heavy atom. The van der Waals surface area contributed by atoms with Gasteiger partial charge >= 0.3 is 5.97 Å². The van der Waals surface area contributed by atoms with E-state index in [4.69, 9.17) is 14.7 Å². The van der Waals surface area contributed by atoms with Crippen molar-refractivity contribution in [2.75, 3.05) is 6.61 Å². The van der Waals surface area contributed by atoms with Gasteiger partial charge in [-0.2, -0.15) is 0 Å². The van der Waals surface area contributed by atoms with Crippen molar-refractivity contribution in [1.29, 1.82) is 0 Å². The number of allylic oxidation sites excluding steroid dienone is 1. The number of hydrogen-bond donors (Lipinski definition) is 1. The van der Waals surface area contributed by atoms with E-state index in [1.807, 2.05) is 84.9 Å². The van der Waals surface area contributed by atoms with Crippen molar-refractivity contribution in [1.82, 2.24) is 0 Å². The Labute approximate surface area is 181 Å². The van der Waals surface area contributed by atoms with Crippen molar-refractivity contribution in [3.63, 3.8) is 0 Å². The van der Waals surface area contributed by atoms with Gasteiger partial charge in [-0.15, -0.1) is 0 Å². The molecule has 0 unspecified atom stereocenters. The Morgan fingerprint density at radius 1 is 0.935 bits per heavy atom. The molecule has 4 rings (SSSR count). The summed E-state index contributed by atoms with van der Waals surface area (Å²) in [6, 6.07) is 25.7. The molecule has 31 heavy (non-hydrogen) atoms. The lowest BCUT2D eigenvalue weighted by Crippen LogP contribution is -2.12. The molecule has 0 fully saturated rings. The fourth-order valence-electron chi connectivity index (χ4n) is 3.63. The van der Waals surface area contributed by atoms with Crippen LogP contribution in [0.3, 0.4) is 0 Å². The van der Waals surface area contributed by atoms with Crippen LogP contribution >= 0.6 is 0 Å². The molecular formula is C26H23NO4. The number of hydrogen-bond acceptors (Lipinski definition) is 4. The molecule has 0 atom stereocenters. The van der Waals surface area contributed by atoms with E-state index in [0.717, 1.165) is 40.7 Å². The maximum Gasteiger partial charge on any atom is 0.341 e. The van der Waals surface area contributed by atoms with Crippen LogP contribution in [-0.4, -0.2) is 23.9 Å². The average molecular weight is 413 g/mol. The van der Waals surface area contributed by atoms with Crippen molar-refractivity contribution in [2.24, 2.45) is 5.16 Å². The van der Waals surface area contributed by atoms with E-state index < -0.39 is 5.97 Å². The number of fused-ring (bicyclic) bond motifs is 1. The molecule has 0 aliphatic heterocycles. The minimum Gasteiger partial charge on any atom is -0.482 e. The third-order valence-corrected chi connectivity index (χ3v) is 5.11. The molecule has 5 heteroatoms. The maximum atomic E-state index is 10.8. The van der Waals surface area contributed by atoms with Crippen molar-refractivity contribution in [2.45, 2.75) is 18.9 Å². The van der Waals surface area contributed by atoms with Gasteiger partial charge in [-0.25, -0.2) is 4.79 Å². The Balaban J connectivity index is 1.51. The molecular weight excluding hydrogens is 390 g/mol. The molecule has 3 aromatic rings. The van der Waals surface area contributed by atoms with Gasteiger partial charge in [0.15, 0.2) is 12.7 Å². The average Bonchev–Trinajstić information content (AvgIpc) is 2.81. The summed E-state index contributed by atoms with van der Waals surface area (Å²) in [6.45, 7) is -0.345. The number of nitrogens with zero attached hydrogens (tertiary/aromatic N) is 1. The van der Waals surface area contributed by atoms with Gasteiger partial charge in [-0.1, -0.05) is 78.0 Å². The number of benzene rings is 3. The molecule has 0 saturated carbocycles. The third-order valence-electron chi connectivity index (χ3n) is 5.11. The zero-order chi connectivity index (χ0) is 21.5. The quantitative estimate of drug-likeness (QED) is 0.403. The normalized spacial score (nSPS) is 13.0. The summed E-state index contributed by atoms with van der Waals surface area (Å²) in [6.07, 6.45) is 5.04. The van der Waals surface area contributed by atoms with Crippen LogP contribution in [0.4, 0.5) is 0 Å². The number of carbonyl (C=O) groups is 1. The Hall–Kier alpha value is -3.86. The fourth-order valence-corrected chi connectivity index (χ4v) is 3.63. The Bertz CT molecular complexity index is 1050. The molecule has 0 aromatic heterocycles. The van der Waals surface area contributed by atoms with E-state index in [2.05, 4.69) is 5.16 Å². The van der Waals surface area contributed by atoms with Crippen LogP contribution in [0.15, 0.2) is 89.6 Å². The van der Waals surface area contributed by atoms with Gasteiger partial charge in [0.25, 0.3) is 0 Å². The van der Waals surface area contributed by atoms with Gasteiger partial charge in [-0.05, 0) is 47.2 Å². The van der Waals surface area contributed by atoms with Gasteiger partial charge in [0, 0.05) is 5.56 Å². The van der Waals surface area contributed by atoms with E-state index in [1.165, 1.54) is 0 Å². The van der Waals surface area contributed by atoms with Crippen LogP contribution in [0, 0.1) is 0 Å². The van der Waals surface area contributed by atoms with Gasteiger partial charge in [0.2, 0.25) is 0 Å². The lowest BCUT2D eigenvalue weighted by molar-refractivity contribution is -0.139. The topological polar surface area (TPSA) is 68.1 Å². The number of ether oxygens (including phenoxy) is 1. The molecule has 156 valence electrons. The number of oxime groups is 1. The Kier molecular flexibility index (Phi) is 6.43. The van der Waals surface area contributed by atoms with Crippen LogP contribution in [0.1, 0.15) is 34.8 Å². The zero-order valence-electron chi connectivity index (χ0n) is 17.0. The highest BCUT2D eigenvalue weighted by Gasteiger charge is 2.17. The SMILES string of the molecule is O=C(O)COc1cccc2c1CCC(C=NOC(c1ccccc1)c1ccccc1)=C2. The highest BCUT2D eigenvalue weighted by molar-refractivity contribution is 5.87. The largest absolute Gasteiger partial charge is 0.482 e. The molecule has 1 N–H and O–H groups in total. The van der Waals surface area contributed by atoms with Crippen LogP contribution < -0.4 is 4.74 Å². The standard InChI is InChI=1S/C26H23NO4/c28-25(29)18-30-24-13-7-12-22-16-19(14-15-23(22)24)17-27-31-26(20-8-3-1-4-9-20)21-10-5-2-6-11-21/h1-13,16-17,26H,14-15,18H2,(H,28,29). The van der Waals surface area contributed by atoms with Crippen molar-refractivity contribution in [3.05, 3.63) is 107 Å². The first-order chi connectivity index (χ1) is 15.2. The van der Waals surface area contributed by atoms with E-state index in [1.54, 1.807) is 6.21 Å². The Morgan fingerprint density at radius 3 is 2.26 bits per heavy atom. The molecule has 0 spiro atoms. The first kappa shape index (κ1) is 20.4. The van der Waals surface area contributed by atoms with Crippen LogP contribution in [0.2, 0.25) is 0 Å². The van der Waals surface area contributed by atoms with Crippen LogP contribution in [0.5, 0.6) is 5.75 Å². The van der Waals surface area contributed by atoms with Crippen LogP contribution in [-0.2, 0) is 16.1 Å². The van der Waals surface area contributed by atoms with Crippen molar-refractivity contribution < 1.29 is 19.5 Å². The number of aliphatic carboxylic acids is 1. The number of rotatable bonds is 8. The second kappa shape index (κ2) is 9.76. The van der Waals surface area contributed by atoms with E-state index in [-0.39, 0.29) is 12.7 Å². The summed E-state index contributed by atoms with van der Waals surface area (Å²) in [5.41, 5.74) is 5.15. The molecule has 0 saturated heterocycles. The summed E-state index contributed by atoms with van der Waals surface area (Å²) in [4.78, 5) is 16.7. The van der Waals surface area contributed by atoms with Crippen molar-refractivity contribution in [3.8, 4) is 5.75 Å². The van der Waals surface area contributed by atoms with Gasteiger partial charge < -0.3 is 14.7 Å². The highest BCUT2D eigenvalue weighted by atomic mass is 16.6. The molecule has 0 heterocycles. The van der Waals surface area contributed by atoms with E-state index >= 15 is 0 Å². The van der Waals surface area contributed by atoms with Gasteiger partial charge in [0.1, 0.15) is 5.75 Å². The van der Waals surface area contributed by atoms with Crippen LogP contribution in [0.25, 0.3) is 6.08 Å². The summed E-state index contributed by atoms with van der Waals surface area (Å²) in [7, 11) is 0. The minimum absolute atomic E-state index is 0.286. The van der Waals surface area contributed by atoms with Gasteiger partial charge in [0.05, 0.1) is 6.21 Å². The third kappa shape index (κ3) is 5.20. The number of carboxylic acid groups (broad SMARTS) is 1. The molecule has 0 bridgehead atoms. The smallest absolute Gasteiger partial charge is 0.341 e. The fraction of sp³-hybridized carbons (Fsp3) is 0.154. The second-order valence-electron chi connectivity index (χ2n) is 7.27. The summed E-state index contributed by atoms with van der Waals surface area (Å²) in [5.74, 6) is -0.364.